The van der Waals surface area contributed by atoms with Gasteiger partial charge in [0.1, 0.15) is 4.75 Å². The third-order valence-corrected chi connectivity index (χ3v) is 5.26. The van der Waals surface area contributed by atoms with Gasteiger partial charge in [-0.15, -0.1) is 11.8 Å². The Morgan fingerprint density at radius 3 is 2.42 bits per heavy atom. The van der Waals surface area contributed by atoms with Crippen molar-refractivity contribution in [2.45, 2.75) is 50.3 Å². The van der Waals surface area contributed by atoms with Crippen LogP contribution in [0.15, 0.2) is 0 Å². The van der Waals surface area contributed by atoms with E-state index in [0.29, 0.717) is 12.6 Å². The van der Waals surface area contributed by atoms with Crippen molar-refractivity contribution in [2.75, 3.05) is 25.9 Å². The van der Waals surface area contributed by atoms with E-state index in [1.165, 1.54) is 0 Å². The Balaban J connectivity index is 2.37. The maximum Gasteiger partial charge on any atom is 0.234 e. The molecule has 0 bridgehead atoms. The molecular formula is C14H25N3OS. The van der Waals surface area contributed by atoms with Crippen molar-refractivity contribution in [1.82, 2.24) is 10.2 Å². The average Bonchev–Trinajstić information content (AvgIpc) is 2.46. The predicted octanol–water partition coefficient (Wildman–Crippen LogP) is 2.01. The van der Waals surface area contributed by atoms with Crippen molar-refractivity contribution < 1.29 is 4.79 Å². The van der Waals surface area contributed by atoms with Gasteiger partial charge in [-0.25, -0.2) is 0 Å². The molecule has 1 N–H and O–H groups in total. The Morgan fingerprint density at radius 2 is 2.00 bits per heavy atom. The fourth-order valence-electron chi connectivity index (χ4n) is 2.40. The van der Waals surface area contributed by atoms with Gasteiger partial charge in [0.2, 0.25) is 5.91 Å². The van der Waals surface area contributed by atoms with Gasteiger partial charge < -0.3 is 5.32 Å². The van der Waals surface area contributed by atoms with Crippen molar-refractivity contribution in [2.24, 2.45) is 0 Å². The molecule has 0 aromatic heterocycles. The highest BCUT2D eigenvalue weighted by Gasteiger charge is 2.34. The van der Waals surface area contributed by atoms with E-state index in [1.54, 1.807) is 11.8 Å². The van der Waals surface area contributed by atoms with E-state index in [0.717, 1.165) is 38.8 Å². The summed E-state index contributed by atoms with van der Waals surface area (Å²) >= 11 is 1.64. The predicted molar refractivity (Wildman–Crippen MR) is 80.0 cm³/mol. The van der Waals surface area contributed by atoms with Crippen LogP contribution in [-0.2, 0) is 4.79 Å². The molecule has 0 aliphatic carbocycles. The van der Waals surface area contributed by atoms with Gasteiger partial charge >= 0.3 is 0 Å². The highest BCUT2D eigenvalue weighted by Crippen LogP contribution is 2.33. The second kappa shape index (κ2) is 7.76. The third-order valence-electron chi connectivity index (χ3n) is 3.98. The number of nitrogens with zero attached hydrogens (tertiary/aromatic N) is 2. The Bertz CT molecular complexity index is 328. The average molecular weight is 283 g/mol. The molecule has 1 amide bonds. The number of likely N-dealkylation sites (tertiary alicyclic amines) is 1. The summed E-state index contributed by atoms with van der Waals surface area (Å²) in [6, 6.07) is 2.72. The molecule has 19 heavy (non-hydrogen) atoms. The molecule has 0 unspecified atom stereocenters. The molecule has 4 nitrogen and oxygen atoms in total. The van der Waals surface area contributed by atoms with Crippen molar-refractivity contribution in [3.05, 3.63) is 0 Å². The number of carbonyl (C=O) groups excluding carboxylic acids is 1. The minimum Gasteiger partial charge on any atom is -0.352 e. The lowest BCUT2D eigenvalue weighted by Crippen LogP contribution is -2.47. The molecule has 1 saturated heterocycles. The van der Waals surface area contributed by atoms with E-state index in [2.05, 4.69) is 30.1 Å². The Morgan fingerprint density at radius 1 is 1.42 bits per heavy atom. The van der Waals surface area contributed by atoms with Crippen LogP contribution in [0.25, 0.3) is 0 Å². The van der Waals surface area contributed by atoms with Crippen LogP contribution in [-0.4, -0.2) is 47.5 Å². The summed E-state index contributed by atoms with van der Waals surface area (Å²) < 4.78 is -0.234. The van der Waals surface area contributed by atoms with E-state index >= 15 is 0 Å². The molecule has 5 heteroatoms. The molecule has 0 aromatic carbocycles. The van der Waals surface area contributed by atoms with E-state index in [-0.39, 0.29) is 10.7 Å². The summed E-state index contributed by atoms with van der Waals surface area (Å²) in [5.41, 5.74) is 0. The first-order valence-corrected chi connectivity index (χ1v) is 8.29. The number of rotatable bonds is 6. The zero-order valence-electron chi connectivity index (χ0n) is 12.2. The molecule has 1 aliphatic heterocycles. The highest BCUT2D eigenvalue weighted by molar-refractivity contribution is 8.00. The number of nitrogens with one attached hydrogen (secondary N) is 1. The lowest BCUT2D eigenvalue weighted by molar-refractivity contribution is -0.123. The summed E-state index contributed by atoms with van der Waals surface area (Å²) in [6.45, 7) is 6.33. The third kappa shape index (κ3) is 4.70. The first-order chi connectivity index (χ1) is 9.09. The number of hydrogen-bond acceptors (Lipinski definition) is 4. The van der Waals surface area contributed by atoms with Crippen molar-refractivity contribution in [1.29, 1.82) is 5.26 Å². The SMILES string of the molecule is CCC(CC)NC(=O)CN1CCC(C#N)(SC)CC1. The molecule has 0 radical (unpaired) electrons. The number of nitriles is 1. The summed E-state index contributed by atoms with van der Waals surface area (Å²) in [5.74, 6) is 0.113. The van der Waals surface area contributed by atoms with Gasteiger partial charge in [-0.05, 0) is 31.9 Å². The van der Waals surface area contributed by atoms with Crippen LogP contribution in [0.5, 0.6) is 0 Å². The molecule has 1 rings (SSSR count). The fraction of sp³-hybridized carbons (Fsp3) is 0.857. The normalized spacial score (nSPS) is 19.1. The monoisotopic (exact) mass is 283 g/mol. The van der Waals surface area contributed by atoms with Gasteiger partial charge in [-0.2, -0.15) is 5.26 Å². The van der Waals surface area contributed by atoms with Gasteiger partial charge in [0, 0.05) is 19.1 Å². The molecule has 0 atom stereocenters. The first-order valence-electron chi connectivity index (χ1n) is 7.07. The molecule has 0 saturated carbocycles. The van der Waals surface area contributed by atoms with Crippen molar-refractivity contribution >= 4 is 17.7 Å². The second-order valence-electron chi connectivity index (χ2n) is 5.17. The van der Waals surface area contributed by atoms with E-state index in [4.69, 9.17) is 0 Å². The zero-order chi connectivity index (χ0) is 14.3. The molecule has 108 valence electrons. The summed E-state index contributed by atoms with van der Waals surface area (Å²) in [7, 11) is 0. The van der Waals surface area contributed by atoms with Gasteiger partial charge in [0.15, 0.2) is 0 Å². The van der Waals surface area contributed by atoms with Crippen LogP contribution in [0.3, 0.4) is 0 Å². The largest absolute Gasteiger partial charge is 0.352 e. The van der Waals surface area contributed by atoms with Crippen LogP contribution in [0.4, 0.5) is 0 Å². The summed E-state index contributed by atoms with van der Waals surface area (Å²) in [4.78, 5) is 14.1. The first kappa shape index (κ1) is 16.3. The molecule has 1 fully saturated rings. The number of thioether (sulfide) groups is 1. The topological polar surface area (TPSA) is 56.1 Å². The minimum atomic E-state index is -0.234. The fourth-order valence-corrected chi connectivity index (χ4v) is 3.09. The van der Waals surface area contributed by atoms with Crippen LogP contribution in [0.2, 0.25) is 0 Å². The summed E-state index contributed by atoms with van der Waals surface area (Å²) in [5, 5.41) is 12.3. The highest BCUT2D eigenvalue weighted by atomic mass is 32.2. The minimum absolute atomic E-state index is 0.113. The van der Waals surface area contributed by atoms with Gasteiger partial charge in [0.25, 0.3) is 0 Å². The van der Waals surface area contributed by atoms with Crippen molar-refractivity contribution in [3.63, 3.8) is 0 Å². The number of carbonyl (C=O) groups is 1. The van der Waals surface area contributed by atoms with Crippen LogP contribution in [0.1, 0.15) is 39.5 Å². The van der Waals surface area contributed by atoms with Crippen LogP contribution in [0, 0.1) is 11.3 Å². The quantitative estimate of drug-likeness (QED) is 0.810. The van der Waals surface area contributed by atoms with Gasteiger partial charge in [0.05, 0.1) is 12.6 Å². The van der Waals surface area contributed by atoms with E-state index < -0.39 is 0 Å². The van der Waals surface area contributed by atoms with Crippen LogP contribution < -0.4 is 5.32 Å². The number of piperidine rings is 1. The van der Waals surface area contributed by atoms with E-state index in [1.807, 2.05) is 6.26 Å². The van der Waals surface area contributed by atoms with Crippen LogP contribution >= 0.6 is 11.8 Å². The lowest BCUT2D eigenvalue weighted by atomic mass is 9.97. The second-order valence-corrected chi connectivity index (χ2v) is 6.36. The lowest BCUT2D eigenvalue weighted by Gasteiger charge is -2.35. The molecule has 1 aliphatic rings. The molecule has 0 aromatic rings. The van der Waals surface area contributed by atoms with Gasteiger partial charge in [-0.1, -0.05) is 13.8 Å². The Labute approximate surface area is 120 Å². The number of hydrogen-bond donors (Lipinski definition) is 1. The standard InChI is InChI=1S/C14H25N3OS/c1-4-12(5-2)16-13(18)10-17-8-6-14(11-15,19-3)7-9-17/h12H,4-10H2,1-3H3,(H,16,18). The molecular weight excluding hydrogens is 258 g/mol. The smallest absolute Gasteiger partial charge is 0.234 e. The Hall–Kier alpha value is -0.730. The maximum absolute atomic E-state index is 11.9. The summed E-state index contributed by atoms with van der Waals surface area (Å²) in [6.07, 6.45) is 5.66. The van der Waals surface area contributed by atoms with Gasteiger partial charge in [-0.3, -0.25) is 9.69 Å². The molecule has 0 spiro atoms. The number of amides is 1. The van der Waals surface area contributed by atoms with E-state index in [9.17, 15) is 10.1 Å². The maximum atomic E-state index is 11.9. The Kier molecular flexibility index (Phi) is 6.67. The zero-order valence-corrected chi connectivity index (χ0v) is 13.1. The molecule has 1 heterocycles. The van der Waals surface area contributed by atoms with Crippen molar-refractivity contribution in [3.8, 4) is 6.07 Å².